The van der Waals surface area contributed by atoms with E-state index >= 15 is 0 Å². The molecule has 0 aromatic heterocycles. The lowest BCUT2D eigenvalue weighted by Crippen LogP contribution is -2.54. The van der Waals surface area contributed by atoms with Crippen LogP contribution in [0.4, 0.5) is 4.39 Å². The molecule has 0 spiro atoms. The molecular formula is C10H20FNO. The standard InChI is InChI=1S/C10H20FNO/c1-10(2,3)12-5-4-9(13)6-8(12)7-11/h8-9,13H,4-7H2,1-3H3/t8-,9+/m0/s1. The number of nitrogens with zero attached hydrogens (tertiary/aromatic N) is 1. The summed E-state index contributed by atoms with van der Waals surface area (Å²) >= 11 is 0. The molecule has 78 valence electrons. The number of alkyl halides is 1. The van der Waals surface area contributed by atoms with Crippen molar-refractivity contribution in [3.63, 3.8) is 0 Å². The lowest BCUT2D eigenvalue weighted by atomic mass is 9.94. The zero-order valence-electron chi connectivity index (χ0n) is 8.76. The van der Waals surface area contributed by atoms with Gasteiger partial charge in [0.2, 0.25) is 0 Å². The Morgan fingerprint density at radius 2 is 2.08 bits per heavy atom. The Labute approximate surface area is 79.7 Å². The Bertz CT molecular complexity index is 167. The second kappa shape index (κ2) is 3.93. The van der Waals surface area contributed by atoms with Crippen LogP contribution < -0.4 is 0 Å². The Morgan fingerprint density at radius 1 is 1.46 bits per heavy atom. The first kappa shape index (κ1) is 10.9. The lowest BCUT2D eigenvalue weighted by Gasteiger charge is -2.44. The number of likely N-dealkylation sites (tertiary alicyclic amines) is 1. The van der Waals surface area contributed by atoms with Gasteiger partial charge in [-0.25, -0.2) is 4.39 Å². The molecule has 0 aromatic carbocycles. The van der Waals surface area contributed by atoms with Crippen molar-refractivity contribution in [2.75, 3.05) is 13.2 Å². The summed E-state index contributed by atoms with van der Waals surface area (Å²) in [6.07, 6.45) is 1.04. The molecule has 1 aliphatic heterocycles. The summed E-state index contributed by atoms with van der Waals surface area (Å²) in [7, 11) is 0. The minimum Gasteiger partial charge on any atom is -0.393 e. The predicted molar refractivity (Wildman–Crippen MR) is 51.5 cm³/mol. The molecule has 1 fully saturated rings. The molecule has 0 amide bonds. The summed E-state index contributed by atoms with van der Waals surface area (Å²) in [4.78, 5) is 2.15. The van der Waals surface area contributed by atoms with E-state index in [0.29, 0.717) is 6.42 Å². The molecule has 1 heterocycles. The second-order valence-electron chi connectivity index (χ2n) is 4.85. The highest BCUT2D eigenvalue weighted by atomic mass is 19.1. The SMILES string of the molecule is CC(C)(C)N1CC[C@@H](O)C[C@H]1CF. The van der Waals surface area contributed by atoms with Crippen LogP contribution in [0.1, 0.15) is 33.6 Å². The van der Waals surface area contributed by atoms with E-state index in [1.165, 1.54) is 0 Å². The molecule has 0 aromatic rings. The van der Waals surface area contributed by atoms with E-state index in [0.717, 1.165) is 13.0 Å². The van der Waals surface area contributed by atoms with Crippen LogP contribution >= 0.6 is 0 Å². The first-order valence-electron chi connectivity index (χ1n) is 4.96. The quantitative estimate of drug-likeness (QED) is 0.677. The third kappa shape index (κ3) is 2.64. The minimum absolute atomic E-state index is 0.0108. The number of aliphatic hydroxyl groups excluding tert-OH is 1. The van der Waals surface area contributed by atoms with Gasteiger partial charge in [-0.05, 0) is 33.6 Å². The van der Waals surface area contributed by atoms with Gasteiger partial charge in [0.05, 0.1) is 6.10 Å². The molecule has 0 aliphatic carbocycles. The van der Waals surface area contributed by atoms with Crippen molar-refractivity contribution >= 4 is 0 Å². The molecule has 2 atom stereocenters. The van der Waals surface area contributed by atoms with E-state index in [9.17, 15) is 9.50 Å². The summed E-state index contributed by atoms with van der Waals surface area (Å²) in [5.41, 5.74) is 0.0108. The van der Waals surface area contributed by atoms with Crippen molar-refractivity contribution < 1.29 is 9.50 Å². The fourth-order valence-electron chi connectivity index (χ4n) is 2.06. The fourth-order valence-corrected chi connectivity index (χ4v) is 2.06. The maximum atomic E-state index is 12.7. The van der Waals surface area contributed by atoms with Gasteiger partial charge in [0, 0.05) is 18.1 Å². The molecule has 1 saturated heterocycles. The first-order chi connectivity index (χ1) is 5.95. The maximum absolute atomic E-state index is 12.7. The number of rotatable bonds is 1. The van der Waals surface area contributed by atoms with Gasteiger partial charge in [0.1, 0.15) is 6.67 Å². The van der Waals surface area contributed by atoms with E-state index in [2.05, 4.69) is 25.7 Å². The molecule has 0 bridgehead atoms. The Balaban J connectivity index is 2.63. The average molecular weight is 189 g/mol. The van der Waals surface area contributed by atoms with E-state index in [1.54, 1.807) is 0 Å². The van der Waals surface area contributed by atoms with Crippen molar-refractivity contribution in [3.8, 4) is 0 Å². The molecule has 3 heteroatoms. The summed E-state index contributed by atoms with van der Waals surface area (Å²) in [6, 6.07) is -0.0938. The van der Waals surface area contributed by atoms with Gasteiger partial charge < -0.3 is 5.11 Å². The average Bonchev–Trinajstić information content (AvgIpc) is 2.01. The molecule has 0 radical (unpaired) electrons. The molecule has 1 rings (SSSR count). The van der Waals surface area contributed by atoms with Gasteiger partial charge in [-0.1, -0.05) is 0 Å². The largest absolute Gasteiger partial charge is 0.393 e. The third-order valence-electron chi connectivity index (χ3n) is 2.73. The zero-order chi connectivity index (χ0) is 10.1. The molecule has 2 nitrogen and oxygen atoms in total. The highest BCUT2D eigenvalue weighted by molar-refractivity contribution is 4.88. The van der Waals surface area contributed by atoms with E-state index in [-0.39, 0.29) is 24.4 Å². The van der Waals surface area contributed by atoms with Gasteiger partial charge in [-0.3, -0.25) is 4.90 Å². The van der Waals surface area contributed by atoms with Crippen LogP contribution in [0.25, 0.3) is 0 Å². The summed E-state index contributed by atoms with van der Waals surface area (Å²) in [6.45, 7) is 6.72. The van der Waals surface area contributed by atoms with Crippen LogP contribution in [-0.4, -0.2) is 40.9 Å². The lowest BCUT2D eigenvalue weighted by molar-refractivity contribution is -0.0154. The second-order valence-corrected chi connectivity index (χ2v) is 4.85. The van der Waals surface area contributed by atoms with Crippen molar-refractivity contribution in [1.29, 1.82) is 0 Å². The molecule has 13 heavy (non-hydrogen) atoms. The highest BCUT2D eigenvalue weighted by Gasteiger charge is 2.33. The van der Waals surface area contributed by atoms with Gasteiger partial charge in [0.25, 0.3) is 0 Å². The topological polar surface area (TPSA) is 23.5 Å². The van der Waals surface area contributed by atoms with Crippen LogP contribution in [0.3, 0.4) is 0 Å². The van der Waals surface area contributed by atoms with Crippen LogP contribution in [0.2, 0.25) is 0 Å². The molecule has 0 saturated carbocycles. The van der Waals surface area contributed by atoms with Crippen LogP contribution in [-0.2, 0) is 0 Å². The minimum atomic E-state index is -0.353. The van der Waals surface area contributed by atoms with Gasteiger partial charge in [-0.15, -0.1) is 0 Å². The van der Waals surface area contributed by atoms with Crippen LogP contribution in [0.15, 0.2) is 0 Å². The summed E-state index contributed by atoms with van der Waals surface area (Å²) in [5.74, 6) is 0. The van der Waals surface area contributed by atoms with Crippen molar-refractivity contribution in [2.45, 2.75) is 51.3 Å². The normalized spacial score (nSPS) is 32.1. The third-order valence-corrected chi connectivity index (χ3v) is 2.73. The van der Waals surface area contributed by atoms with E-state index in [4.69, 9.17) is 0 Å². The van der Waals surface area contributed by atoms with Gasteiger partial charge in [-0.2, -0.15) is 0 Å². The highest BCUT2D eigenvalue weighted by Crippen LogP contribution is 2.25. The Hall–Kier alpha value is -0.150. The van der Waals surface area contributed by atoms with E-state index in [1.807, 2.05) is 0 Å². The van der Waals surface area contributed by atoms with Crippen molar-refractivity contribution in [3.05, 3.63) is 0 Å². The Kier molecular flexibility index (Phi) is 3.30. The number of piperidine rings is 1. The molecule has 1 N–H and O–H groups in total. The van der Waals surface area contributed by atoms with E-state index < -0.39 is 0 Å². The predicted octanol–water partition coefficient (Wildman–Crippen LogP) is 1.58. The first-order valence-corrected chi connectivity index (χ1v) is 4.96. The van der Waals surface area contributed by atoms with Crippen molar-refractivity contribution in [2.24, 2.45) is 0 Å². The van der Waals surface area contributed by atoms with Gasteiger partial charge in [0.15, 0.2) is 0 Å². The molecule has 0 unspecified atom stereocenters. The molecular weight excluding hydrogens is 169 g/mol. The van der Waals surface area contributed by atoms with Crippen LogP contribution in [0.5, 0.6) is 0 Å². The fraction of sp³-hybridized carbons (Fsp3) is 1.00. The summed E-state index contributed by atoms with van der Waals surface area (Å²) < 4.78 is 12.7. The number of halogens is 1. The zero-order valence-corrected chi connectivity index (χ0v) is 8.76. The number of hydrogen-bond acceptors (Lipinski definition) is 2. The van der Waals surface area contributed by atoms with Crippen LogP contribution in [0, 0.1) is 0 Å². The monoisotopic (exact) mass is 189 g/mol. The van der Waals surface area contributed by atoms with Gasteiger partial charge >= 0.3 is 0 Å². The summed E-state index contributed by atoms with van der Waals surface area (Å²) in [5, 5.41) is 9.40. The Morgan fingerprint density at radius 3 is 2.54 bits per heavy atom. The van der Waals surface area contributed by atoms with Crippen molar-refractivity contribution in [1.82, 2.24) is 4.90 Å². The molecule has 1 aliphatic rings. The smallest absolute Gasteiger partial charge is 0.105 e. The number of hydrogen-bond donors (Lipinski definition) is 1. The number of aliphatic hydroxyl groups is 1. The maximum Gasteiger partial charge on any atom is 0.105 e.